The molecule has 2 unspecified atom stereocenters. The molecule has 6 heteroatoms. The van der Waals surface area contributed by atoms with E-state index in [9.17, 15) is 0 Å². The zero-order valence-corrected chi connectivity index (χ0v) is 46.3. The van der Waals surface area contributed by atoms with Gasteiger partial charge in [-0.1, -0.05) is 185 Å². The average Bonchev–Trinajstić information content (AvgIpc) is 3.32. The Labute approximate surface area is 429 Å². The fourth-order valence-corrected chi connectivity index (χ4v) is 11.8. The second-order valence-corrected chi connectivity index (χ2v) is 25.7. The molecule has 7 aromatic carbocycles. The summed E-state index contributed by atoms with van der Waals surface area (Å²) in [7, 11) is 0. The van der Waals surface area contributed by atoms with E-state index in [-0.39, 0.29) is 57.1 Å². The minimum atomic E-state index is -0.260. The Bertz CT molecular complexity index is 3090. The zero-order chi connectivity index (χ0) is 52.3. The number of fused-ring (bicyclic) bond motifs is 2. The summed E-state index contributed by atoms with van der Waals surface area (Å²) < 4.78 is 0. The number of nitrogens with zero attached hydrogens (tertiary/aromatic N) is 2. The van der Waals surface area contributed by atoms with Crippen LogP contribution in [0, 0.1) is 11.8 Å². The molecule has 0 fully saturated rings. The van der Waals surface area contributed by atoms with E-state index in [1.165, 1.54) is 32.1 Å². The monoisotopic (exact) mass is 963 g/mol. The molecule has 0 spiro atoms. The topological polar surface area (TPSA) is 74.8 Å². The molecule has 4 amide bonds. The first-order valence-electron chi connectivity index (χ1n) is 27.1. The minimum Gasteiger partial charge on any atom is -0.274 e. The molecule has 6 nitrogen and oxygen atoms in total. The van der Waals surface area contributed by atoms with E-state index in [0.717, 1.165) is 93.1 Å². The molecule has 2 aliphatic heterocycles. The maximum atomic E-state index is 15.4. The largest absolute Gasteiger partial charge is 0.274 e. The highest BCUT2D eigenvalue weighted by Crippen LogP contribution is 2.53. The number of carbonyl (C=O) groups excluding carboxylic acids is 4. The maximum absolute atomic E-state index is 15.4. The SMILES string of the molecule is CCCC(CC)CN1C(=O)c2ccc3c4c(-c5cc(C(C)(C)C)cc(C(C)(C)C)c5)cc5c6c(ccc(c7c(-c8cc(C(C)(C)C)cc(C(C)(C)C)c8)cc(c2c37)C1=O)c64)C(=O)N(CC(CC)CCC)C5=O. The van der Waals surface area contributed by atoms with Crippen LogP contribution < -0.4 is 0 Å². The van der Waals surface area contributed by atoms with Gasteiger partial charge in [-0.15, -0.1) is 0 Å². The molecule has 9 rings (SSSR count). The number of imide groups is 2. The third-order valence-electron chi connectivity index (χ3n) is 16.4. The van der Waals surface area contributed by atoms with Crippen LogP contribution in [0.1, 0.15) is 213 Å². The second kappa shape index (κ2) is 18.0. The predicted molar refractivity (Wildman–Crippen MR) is 301 cm³/mol. The second-order valence-electron chi connectivity index (χ2n) is 25.7. The van der Waals surface area contributed by atoms with Gasteiger partial charge in [0.15, 0.2) is 0 Å². The van der Waals surface area contributed by atoms with Crippen molar-refractivity contribution in [3.63, 3.8) is 0 Å². The molecule has 376 valence electrons. The summed E-state index contributed by atoms with van der Waals surface area (Å²) in [5, 5.41) is 6.69. The Morgan fingerprint density at radius 3 is 0.944 bits per heavy atom. The van der Waals surface area contributed by atoms with Crippen molar-refractivity contribution < 1.29 is 19.2 Å². The Hall–Kier alpha value is -5.88. The quantitative estimate of drug-likeness (QED) is 0.0695. The summed E-state index contributed by atoms with van der Waals surface area (Å²) in [6, 6.07) is 26.0. The summed E-state index contributed by atoms with van der Waals surface area (Å²) in [6.45, 7) is 36.2. The summed E-state index contributed by atoms with van der Waals surface area (Å²) in [4.78, 5) is 64.0. The molecule has 0 bridgehead atoms. The van der Waals surface area contributed by atoms with Crippen molar-refractivity contribution in [2.75, 3.05) is 13.1 Å². The van der Waals surface area contributed by atoms with Crippen molar-refractivity contribution in [2.24, 2.45) is 11.8 Å². The third-order valence-corrected chi connectivity index (χ3v) is 16.4. The molecule has 0 aromatic heterocycles. The standard InChI is InChI=1S/C66H78N2O4/c1-17-21-37(19-3)35-67-59(69)47-25-23-45-54-50(40-29-43(65(11,12)13)32-44(30-40)66(14,15)16)34-52-56-48(60(70)68(62(52)72)36-38(20-4)22-18-2)26-24-46(58(54)56)53-49(33-51(61(67)71)55(47)57(45)53)39-27-41(63(5,6)7)31-42(28-39)64(8,9)10/h23-34,37-38H,17-22,35-36H2,1-16H3. The summed E-state index contributed by atoms with van der Waals surface area (Å²) in [5.41, 5.74) is 9.84. The average molecular weight is 963 g/mol. The van der Waals surface area contributed by atoms with Crippen molar-refractivity contribution in [3.05, 3.63) is 117 Å². The van der Waals surface area contributed by atoms with Crippen LogP contribution in [0.2, 0.25) is 0 Å². The van der Waals surface area contributed by atoms with E-state index >= 15 is 19.2 Å². The highest BCUT2D eigenvalue weighted by molar-refractivity contribution is 6.44. The number of carbonyl (C=O) groups is 4. The van der Waals surface area contributed by atoms with Gasteiger partial charge in [0.2, 0.25) is 0 Å². The maximum Gasteiger partial charge on any atom is 0.261 e. The van der Waals surface area contributed by atoms with Crippen LogP contribution in [-0.4, -0.2) is 46.5 Å². The predicted octanol–water partition coefficient (Wildman–Crippen LogP) is 17.1. The summed E-state index contributed by atoms with van der Waals surface area (Å²) in [5.74, 6) is -0.665. The third kappa shape index (κ3) is 8.43. The van der Waals surface area contributed by atoms with Gasteiger partial charge < -0.3 is 0 Å². The molecule has 2 heterocycles. The van der Waals surface area contributed by atoms with Crippen molar-refractivity contribution in [1.82, 2.24) is 9.80 Å². The molecule has 2 atom stereocenters. The molecule has 0 saturated carbocycles. The fourth-order valence-electron chi connectivity index (χ4n) is 11.8. The van der Waals surface area contributed by atoms with Gasteiger partial charge in [0.05, 0.1) is 0 Å². The van der Waals surface area contributed by atoms with E-state index in [0.29, 0.717) is 46.1 Å². The normalized spacial score (nSPS) is 15.6. The first-order valence-corrected chi connectivity index (χ1v) is 27.1. The lowest BCUT2D eigenvalue weighted by atomic mass is 9.75. The van der Waals surface area contributed by atoms with E-state index in [1.54, 1.807) is 0 Å². The van der Waals surface area contributed by atoms with Crippen LogP contribution >= 0.6 is 0 Å². The van der Waals surface area contributed by atoms with Crippen molar-refractivity contribution in [2.45, 2.75) is 171 Å². The number of benzene rings is 7. The minimum absolute atomic E-state index is 0.186. The van der Waals surface area contributed by atoms with Gasteiger partial charge in [-0.3, -0.25) is 29.0 Å². The highest BCUT2D eigenvalue weighted by Gasteiger charge is 2.40. The number of hydrogen-bond donors (Lipinski definition) is 0. The molecule has 0 aliphatic carbocycles. The van der Waals surface area contributed by atoms with Gasteiger partial charge in [0.1, 0.15) is 0 Å². The van der Waals surface area contributed by atoms with Gasteiger partial charge >= 0.3 is 0 Å². The Morgan fingerprint density at radius 2 is 0.667 bits per heavy atom. The van der Waals surface area contributed by atoms with E-state index in [2.05, 4.69) is 171 Å². The van der Waals surface area contributed by atoms with Crippen LogP contribution in [0.5, 0.6) is 0 Å². The van der Waals surface area contributed by atoms with Gasteiger partial charge in [-0.05, 0) is 147 Å². The lowest BCUT2D eigenvalue weighted by molar-refractivity contribution is 0.0565. The lowest BCUT2D eigenvalue weighted by Crippen LogP contribution is -2.43. The molecule has 2 aliphatic rings. The molecular formula is C66H78N2O4. The highest BCUT2D eigenvalue weighted by atomic mass is 16.2. The summed E-state index contributed by atoms with van der Waals surface area (Å²) in [6.07, 6.45) is 5.53. The van der Waals surface area contributed by atoms with E-state index < -0.39 is 0 Å². The molecule has 0 radical (unpaired) electrons. The van der Waals surface area contributed by atoms with Crippen LogP contribution in [0.25, 0.3) is 65.3 Å². The van der Waals surface area contributed by atoms with Crippen molar-refractivity contribution in [3.8, 4) is 22.3 Å². The number of hydrogen-bond acceptors (Lipinski definition) is 4. The van der Waals surface area contributed by atoms with Crippen molar-refractivity contribution >= 4 is 66.7 Å². The lowest BCUT2D eigenvalue weighted by Gasteiger charge is -2.34. The first kappa shape index (κ1) is 51.0. The van der Waals surface area contributed by atoms with Crippen LogP contribution in [0.3, 0.4) is 0 Å². The van der Waals surface area contributed by atoms with Crippen LogP contribution in [0.15, 0.2) is 72.8 Å². The Balaban J connectivity index is 1.52. The summed E-state index contributed by atoms with van der Waals surface area (Å²) >= 11 is 0. The van der Waals surface area contributed by atoms with E-state index in [1.807, 2.05) is 12.1 Å². The Kier molecular flexibility index (Phi) is 12.7. The molecule has 0 saturated heterocycles. The first-order chi connectivity index (χ1) is 33.7. The number of rotatable bonds is 12. The Morgan fingerprint density at radius 1 is 0.361 bits per heavy atom. The van der Waals surface area contributed by atoms with Crippen molar-refractivity contribution in [1.29, 1.82) is 0 Å². The molecule has 7 aromatic rings. The van der Waals surface area contributed by atoms with Gasteiger partial charge in [-0.25, -0.2) is 0 Å². The van der Waals surface area contributed by atoms with Gasteiger partial charge in [0.25, 0.3) is 23.6 Å². The van der Waals surface area contributed by atoms with E-state index in [4.69, 9.17) is 0 Å². The molecule has 0 N–H and O–H groups in total. The smallest absolute Gasteiger partial charge is 0.261 e. The molecular weight excluding hydrogens is 885 g/mol. The fraction of sp³-hybridized carbons (Fsp3) is 0.455. The van der Waals surface area contributed by atoms with Crippen LogP contribution in [-0.2, 0) is 21.7 Å². The van der Waals surface area contributed by atoms with Crippen LogP contribution in [0.4, 0.5) is 0 Å². The van der Waals surface area contributed by atoms with Gasteiger partial charge in [0, 0.05) is 46.1 Å². The molecule has 72 heavy (non-hydrogen) atoms. The number of amides is 4. The zero-order valence-electron chi connectivity index (χ0n) is 46.3. The van der Waals surface area contributed by atoms with Gasteiger partial charge in [-0.2, -0.15) is 0 Å².